The first-order valence-corrected chi connectivity index (χ1v) is 6.61. The molecule has 1 heterocycles. The zero-order chi connectivity index (χ0) is 15.4. The summed E-state index contributed by atoms with van der Waals surface area (Å²) in [5, 5.41) is 21.9. The topological polar surface area (TPSA) is 99.5 Å². The molecule has 0 aliphatic heterocycles. The van der Waals surface area contributed by atoms with Crippen molar-refractivity contribution >= 4 is 34.2 Å². The number of aromatic nitrogens is 1. The fourth-order valence-electron chi connectivity index (χ4n) is 1.81. The van der Waals surface area contributed by atoms with Gasteiger partial charge in [0.25, 0.3) is 5.91 Å². The van der Waals surface area contributed by atoms with Gasteiger partial charge in [-0.25, -0.2) is 9.78 Å². The molecule has 110 valence electrons. The van der Waals surface area contributed by atoms with Crippen LogP contribution in [0.15, 0.2) is 30.3 Å². The smallest absolute Gasteiger partial charge is 0.332 e. The first-order chi connectivity index (χ1) is 9.99. The molecule has 0 unspecified atom stereocenters. The van der Waals surface area contributed by atoms with Crippen LogP contribution in [0.25, 0.3) is 10.8 Å². The molecule has 0 saturated heterocycles. The molecule has 0 fully saturated rings. The molecule has 1 amide bonds. The average Bonchev–Trinajstić information content (AvgIpc) is 2.46. The third kappa shape index (κ3) is 3.68. The van der Waals surface area contributed by atoms with Gasteiger partial charge < -0.3 is 15.5 Å². The number of benzene rings is 1. The van der Waals surface area contributed by atoms with Crippen molar-refractivity contribution in [2.45, 2.75) is 12.5 Å². The highest BCUT2D eigenvalue weighted by Gasteiger charge is 2.14. The van der Waals surface area contributed by atoms with Crippen molar-refractivity contribution in [2.24, 2.45) is 0 Å². The number of amides is 1. The number of pyridine rings is 1. The summed E-state index contributed by atoms with van der Waals surface area (Å²) in [6, 6.07) is 8.86. The molecule has 1 aromatic carbocycles. The van der Waals surface area contributed by atoms with E-state index in [1.54, 1.807) is 12.1 Å². The van der Waals surface area contributed by atoms with Crippen molar-refractivity contribution in [1.29, 1.82) is 0 Å². The Morgan fingerprint density at radius 1 is 1.33 bits per heavy atom. The number of halogens is 1. The van der Waals surface area contributed by atoms with Gasteiger partial charge in [-0.3, -0.25) is 4.79 Å². The number of nitrogens with zero attached hydrogens (tertiary/aromatic N) is 1. The van der Waals surface area contributed by atoms with E-state index < -0.39 is 18.0 Å². The van der Waals surface area contributed by atoms with Crippen LogP contribution in [0.2, 0.25) is 5.15 Å². The van der Waals surface area contributed by atoms with Gasteiger partial charge in [0.05, 0.1) is 0 Å². The maximum absolute atomic E-state index is 11.9. The van der Waals surface area contributed by atoms with Crippen molar-refractivity contribution in [3.05, 3.63) is 41.2 Å². The predicted octanol–water partition coefficient (Wildman–Crippen LogP) is 1.45. The number of hydrogen-bond donors (Lipinski definition) is 3. The van der Waals surface area contributed by atoms with E-state index in [1.165, 1.54) is 0 Å². The zero-order valence-corrected chi connectivity index (χ0v) is 11.7. The number of aliphatic hydroxyl groups is 1. The van der Waals surface area contributed by atoms with E-state index in [-0.39, 0.29) is 23.8 Å². The Morgan fingerprint density at radius 2 is 2.05 bits per heavy atom. The number of carboxylic acids is 1. The fourth-order valence-corrected chi connectivity index (χ4v) is 2.07. The Kier molecular flexibility index (Phi) is 4.72. The van der Waals surface area contributed by atoms with Gasteiger partial charge in [-0.05, 0) is 11.5 Å². The van der Waals surface area contributed by atoms with Crippen LogP contribution in [0, 0.1) is 0 Å². The van der Waals surface area contributed by atoms with Gasteiger partial charge in [0.15, 0.2) is 6.10 Å². The molecular formula is C14H13ClN2O4. The van der Waals surface area contributed by atoms with Crippen molar-refractivity contribution < 1.29 is 19.8 Å². The SMILES string of the molecule is O=C(NCC[C@H](O)C(=O)O)c1cc2ccccc2c(Cl)n1. The second-order valence-corrected chi connectivity index (χ2v) is 4.78. The maximum Gasteiger partial charge on any atom is 0.332 e. The van der Waals surface area contributed by atoms with Crippen LogP contribution >= 0.6 is 11.6 Å². The van der Waals surface area contributed by atoms with Crippen molar-refractivity contribution in [3.63, 3.8) is 0 Å². The van der Waals surface area contributed by atoms with Gasteiger partial charge in [-0.2, -0.15) is 0 Å². The van der Waals surface area contributed by atoms with E-state index in [0.717, 1.165) is 10.8 Å². The molecule has 0 spiro atoms. The van der Waals surface area contributed by atoms with Crippen LogP contribution in [0.1, 0.15) is 16.9 Å². The summed E-state index contributed by atoms with van der Waals surface area (Å²) in [5.41, 5.74) is 0.142. The van der Waals surface area contributed by atoms with Crippen LogP contribution < -0.4 is 5.32 Å². The number of aliphatic hydroxyl groups excluding tert-OH is 1. The molecule has 6 nitrogen and oxygen atoms in total. The van der Waals surface area contributed by atoms with Gasteiger partial charge >= 0.3 is 5.97 Å². The molecule has 1 atom stereocenters. The van der Waals surface area contributed by atoms with Crippen LogP contribution in [0.5, 0.6) is 0 Å². The molecule has 7 heteroatoms. The van der Waals surface area contributed by atoms with Gasteiger partial charge in [0, 0.05) is 18.4 Å². The Balaban J connectivity index is 2.08. The number of carbonyl (C=O) groups excluding carboxylic acids is 1. The molecule has 1 aromatic heterocycles. The van der Waals surface area contributed by atoms with Crippen molar-refractivity contribution in [1.82, 2.24) is 10.3 Å². The highest BCUT2D eigenvalue weighted by Crippen LogP contribution is 2.22. The lowest BCUT2D eigenvalue weighted by Gasteiger charge is -2.08. The lowest BCUT2D eigenvalue weighted by molar-refractivity contribution is -0.146. The minimum Gasteiger partial charge on any atom is -0.479 e. The predicted molar refractivity (Wildman–Crippen MR) is 77.3 cm³/mol. The molecule has 3 N–H and O–H groups in total. The van der Waals surface area contributed by atoms with E-state index in [9.17, 15) is 9.59 Å². The molecule has 0 radical (unpaired) electrons. The molecule has 0 aliphatic rings. The molecule has 0 bridgehead atoms. The summed E-state index contributed by atoms with van der Waals surface area (Å²) in [6.07, 6.45) is -1.58. The second kappa shape index (κ2) is 6.51. The first-order valence-electron chi connectivity index (χ1n) is 6.23. The van der Waals surface area contributed by atoms with Gasteiger partial charge in [-0.1, -0.05) is 35.9 Å². The van der Waals surface area contributed by atoms with Crippen LogP contribution in [-0.4, -0.2) is 39.7 Å². The third-order valence-electron chi connectivity index (χ3n) is 2.91. The Labute approximate surface area is 125 Å². The summed E-state index contributed by atoms with van der Waals surface area (Å²) in [6.45, 7) is 0.0262. The summed E-state index contributed by atoms with van der Waals surface area (Å²) < 4.78 is 0. The standard InChI is InChI=1S/C14H13ClN2O4/c15-12-9-4-2-1-3-8(9)7-10(17-12)13(19)16-6-5-11(18)14(20)21/h1-4,7,11,18H,5-6H2,(H,16,19)(H,20,21)/t11-/m0/s1. The summed E-state index contributed by atoms with van der Waals surface area (Å²) in [5.74, 6) is -1.80. The highest BCUT2D eigenvalue weighted by atomic mass is 35.5. The van der Waals surface area contributed by atoms with E-state index in [2.05, 4.69) is 10.3 Å². The first kappa shape index (κ1) is 15.2. The Morgan fingerprint density at radius 3 is 2.76 bits per heavy atom. The van der Waals surface area contributed by atoms with Gasteiger partial charge in [0.1, 0.15) is 10.8 Å². The lowest BCUT2D eigenvalue weighted by Crippen LogP contribution is -2.30. The number of fused-ring (bicyclic) bond motifs is 1. The van der Waals surface area contributed by atoms with Crippen LogP contribution in [0.4, 0.5) is 0 Å². The average molecular weight is 309 g/mol. The third-order valence-corrected chi connectivity index (χ3v) is 3.20. The van der Waals surface area contributed by atoms with Crippen molar-refractivity contribution in [3.8, 4) is 0 Å². The molecule has 0 aliphatic carbocycles. The van der Waals surface area contributed by atoms with Crippen molar-refractivity contribution in [2.75, 3.05) is 6.54 Å². The molecule has 2 aromatic rings. The van der Waals surface area contributed by atoms with Crippen LogP contribution in [0.3, 0.4) is 0 Å². The van der Waals surface area contributed by atoms with Gasteiger partial charge in [-0.15, -0.1) is 0 Å². The molecule has 2 rings (SSSR count). The normalized spacial score (nSPS) is 12.1. The lowest BCUT2D eigenvalue weighted by atomic mass is 10.1. The van der Waals surface area contributed by atoms with Gasteiger partial charge in [0.2, 0.25) is 0 Å². The zero-order valence-electron chi connectivity index (χ0n) is 10.9. The minimum atomic E-state index is -1.50. The van der Waals surface area contributed by atoms with E-state index in [0.29, 0.717) is 0 Å². The fraction of sp³-hybridized carbons (Fsp3) is 0.214. The largest absolute Gasteiger partial charge is 0.479 e. The maximum atomic E-state index is 11.9. The molecule has 21 heavy (non-hydrogen) atoms. The van der Waals surface area contributed by atoms with Crippen LogP contribution in [-0.2, 0) is 4.79 Å². The number of aliphatic carboxylic acids is 1. The Bertz CT molecular complexity index is 690. The van der Waals surface area contributed by atoms with E-state index in [1.807, 2.05) is 18.2 Å². The number of hydrogen-bond acceptors (Lipinski definition) is 4. The number of nitrogens with one attached hydrogen (secondary N) is 1. The number of carboxylic acid groups (broad SMARTS) is 1. The second-order valence-electron chi connectivity index (χ2n) is 4.42. The number of carbonyl (C=O) groups is 2. The molecular weight excluding hydrogens is 296 g/mol. The molecule has 0 saturated carbocycles. The summed E-state index contributed by atoms with van der Waals surface area (Å²) in [4.78, 5) is 26.4. The quantitative estimate of drug-likeness (QED) is 0.726. The van der Waals surface area contributed by atoms with E-state index >= 15 is 0 Å². The summed E-state index contributed by atoms with van der Waals surface area (Å²) in [7, 11) is 0. The monoisotopic (exact) mass is 308 g/mol. The minimum absolute atomic E-state index is 0.0262. The van der Waals surface area contributed by atoms with E-state index in [4.69, 9.17) is 21.8 Å². The summed E-state index contributed by atoms with van der Waals surface area (Å²) >= 11 is 6.02. The highest BCUT2D eigenvalue weighted by molar-refractivity contribution is 6.34. The number of rotatable bonds is 5. The Hall–Kier alpha value is -2.18.